The van der Waals surface area contributed by atoms with Crippen LogP contribution < -0.4 is 0 Å². The second-order valence-corrected chi connectivity index (χ2v) is 2.80. The van der Waals surface area contributed by atoms with Crippen LogP contribution in [0, 0.1) is 5.92 Å². The van der Waals surface area contributed by atoms with Crippen LogP contribution >= 0.6 is 0 Å². The highest BCUT2D eigenvalue weighted by atomic mass is 16.5. The maximum atomic E-state index is 8.80. The monoisotopic (exact) mass is 155 g/mol. The van der Waals surface area contributed by atoms with Gasteiger partial charge < -0.3 is 10.2 Å². The summed E-state index contributed by atoms with van der Waals surface area (Å²) < 4.78 is 0. The summed E-state index contributed by atoms with van der Waals surface area (Å²) in [4.78, 5) is 4.12. The van der Waals surface area contributed by atoms with E-state index in [-0.39, 0.29) is 12.0 Å². The minimum absolute atomic E-state index is 0.259. The fourth-order valence-electron chi connectivity index (χ4n) is 0.966. The van der Waals surface area contributed by atoms with E-state index in [0.29, 0.717) is 0 Å². The third-order valence-electron chi connectivity index (χ3n) is 1.69. The molecular formula is C8H13NO2. The van der Waals surface area contributed by atoms with Crippen LogP contribution in [0.5, 0.6) is 0 Å². The van der Waals surface area contributed by atoms with E-state index in [4.69, 9.17) is 10.2 Å². The van der Waals surface area contributed by atoms with Crippen molar-refractivity contribution in [2.75, 3.05) is 0 Å². The summed E-state index contributed by atoms with van der Waals surface area (Å²) in [5, 5.41) is 17.6. The molecule has 3 heteroatoms. The number of aliphatic hydroxyl groups excluding tert-OH is 1. The van der Waals surface area contributed by atoms with Crippen molar-refractivity contribution < 1.29 is 10.2 Å². The van der Waals surface area contributed by atoms with Crippen LogP contribution in [0.2, 0.25) is 0 Å². The maximum Gasteiger partial charge on any atom is 0.162 e. The molecule has 1 aliphatic heterocycles. The van der Waals surface area contributed by atoms with Crippen LogP contribution in [0.3, 0.4) is 0 Å². The van der Waals surface area contributed by atoms with Gasteiger partial charge in [-0.2, -0.15) is 0 Å². The number of hydrogen-bond donors (Lipinski definition) is 2. The summed E-state index contributed by atoms with van der Waals surface area (Å²) in [7, 11) is 0. The summed E-state index contributed by atoms with van der Waals surface area (Å²) >= 11 is 0. The Bertz CT molecular complexity index is 175. The van der Waals surface area contributed by atoms with Crippen molar-refractivity contribution in [3.8, 4) is 0 Å². The van der Waals surface area contributed by atoms with Gasteiger partial charge in [-0.3, -0.25) is 4.99 Å². The lowest BCUT2D eigenvalue weighted by molar-refractivity contribution is -0.0520. The van der Waals surface area contributed by atoms with Gasteiger partial charge >= 0.3 is 0 Å². The molecule has 0 spiro atoms. The maximum absolute atomic E-state index is 8.80. The fraction of sp³-hybridized carbons (Fsp3) is 0.625. The summed E-state index contributed by atoms with van der Waals surface area (Å²) in [5.41, 5.74) is 0. The largest absolute Gasteiger partial charge is 0.367 e. The van der Waals surface area contributed by atoms with Crippen LogP contribution in [0.4, 0.5) is 0 Å². The molecule has 0 aromatic heterocycles. The summed E-state index contributed by atoms with van der Waals surface area (Å²) in [6.07, 6.45) is 4.86. The lowest BCUT2D eigenvalue weighted by Gasteiger charge is -2.07. The standard InChI is InChI=1S/C8H13NO2/c1-6-3-2-4-7(5-9-6)8(10)11/h2,4-8,10-11H,3H2,1H3. The molecular weight excluding hydrogens is 142 g/mol. The first kappa shape index (κ1) is 8.43. The highest BCUT2D eigenvalue weighted by Gasteiger charge is 2.12. The Morgan fingerprint density at radius 3 is 2.91 bits per heavy atom. The van der Waals surface area contributed by atoms with Crippen LogP contribution in [-0.2, 0) is 0 Å². The van der Waals surface area contributed by atoms with Crippen molar-refractivity contribution in [3.05, 3.63) is 12.2 Å². The van der Waals surface area contributed by atoms with Crippen molar-refractivity contribution in [2.24, 2.45) is 10.9 Å². The predicted octanol–water partition coefficient (Wildman–Crippen LogP) is 0.332. The summed E-state index contributed by atoms with van der Waals surface area (Å²) in [6.45, 7) is 1.99. The Hall–Kier alpha value is -0.670. The van der Waals surface area contributed by atoms with E-state index in [1.165, 1.54) is 0 Å². The van der Waals surface area contributed by atoms with Gasteiger partial charge in [-0.15, -0.1) is 0 Å². The predicted molar refractivity (Wildman–Crippen MR) is 43.4 cm³/mol. The molecule has 2 atom stereocenters. The smallest absolute Gasteiger partial charge is 0.162 e. The molecule has 1 heterocycles. The van der Waals surface area contributed by atoms with Gasteiger partial charge in [0.1, 0.15) is 0 Å². The van der Waals surface area contributed by atoms with Crippen LogP contribution in [0.25, 0.3) is 0 Å². The van der Waals surface area contributed by atoms with E-state index in [9.17, 15) is 0 Å². The first-order chi connectivity index (χ1) is 5.20. The van der Waals surface area contributed by atoms with Gasteiger partial charge in [0.25, 0.3) is 0 Å². The van der Waals surface area contributed by atoms with Gasteiger partial charge in [0.2, 0.25) is 0 Å². The third kappa shape index (κ3) is 2.44. The number of aliphatic imine (C=N–C) groups is 1. The van der Waals surface area contributed by atoms with Crippen molar-refractivity contribution in [1.29, 1.82) is 0 Å². The molecule has 0 saturated heterocycles. The van der Waals surface area contributed by atoms with Crippen LogP contribution in [-0.4, -0.2) is 28.8 Å². The zero-order chi connectivity index (χ0) is 8.27. The molecule has 0 radical (unpaired) electrons. The van der Waals surface area contributed by atoms with Crippen molar-refractivity contribution >= 4 is 6.21 Å². The second kappa shape index (κ2) is 3.64. The third-order valence-corrected chi connectivity index (χ3v) is 1.69. The highest BCUT2D eigenvalue weighted by Crippen LogP contribution is 2.09. The molecule has 11 heavy (non-hydrogen) atoms. The average molecular weight is 155 g/mol. The molecule has 0 aromatic rings. The topological polar surface area (TPSA) is 52.8 Å². The van der Waals surface area contributed by atoms with Gasteiger partial charge in [0.05, 0.1) is 12.0 Å². The van der Waals surface area contributed by atoms with Gasteiger partial charge in [0, 0.05) is 6.21 Å². The Kier molecular flexibility index (Phi) is 2.79. The van der Waals surface area contributed by atoms with Gasteiger partial charge in [-0.1, -0.05) is 12.2 Å². The normalized spacial score (nSPS) is 30.9. The van der Waals surface area contributed by atoms with E-state index >= 15 is 0 Å². The lowest BCUT2D eigenvalue weighted by Crippen LogP contribution is -2.18. The van der Waals surface area contributed by atoms with Crippen LogP contribution in [0.15, 0.2) is 17.1 Å². The second-order valence-electron chi connectivity index (χ2n) is 2.80. The number of aliphatic hydroxyl groups is 2. The Morgan fingerprint density at radius 2 is 2.27 bits per heavy atom. The molecule has 0 aromatic carbocycles. The minimum atomic E-state index is -1.32. The van der Waals surface area contributed by atoms with Crippen molar-refractivity contribution in [2.45, 2.75) is 25.7 Å². The molecule has 1 rings (SSSR count). The molecule has 0 aliphatic carbocycles. The van der Waals surface area contributed by atoms with Crippen molar-refractivity contribution in [1.82, 2.24) is 0 Å². The molecule has 0 fully saturated rings. The average Bonchev–Trinajstić information content (AvgIpc) is 2.13. The summed E-state index contributed by atoms with van der Waals surface area (Å²) in [5.74, 6) is -0.333. The molecule has 2 N–H and O–H groups in total. The SMILES string of the molecule is CC1CC=CC(C(O)O)C=N1. The van der Waals surface area contributed by atoms with Gasteiger partial charge in [0.15, 0.2) is 6.29 Å². The Morgan fingerprint density at radius 1 is 1.55 bits per heavy atom. The zero-order valence-corrected chi connectivity index (χ0v) is 6.51. The molecule has 0 amide bonds. The molecule has 2 unspecified atom stereocenters. The van der Waals surface area contributed by atoms with E-state index in [2.05, 4.69) is 4.99 Å². The quantitative estimate of drug-likeness (QED) is 0.423. The van der Waals surface area contributed by atoms with Gasteiger partial charge in [-0.25, -0.2) is 0 Å². The van der Waals surface area contributed by atoms with E-state index in [1.807, 2.05) is 13.0 Å². The summed E-state index contributed by atoms with van der Waals surface area (Å²) in [6, 6.07) is 0.259. The number of rotatable bonds is 1. The zero-order valence-electron chi connectivity index (χ0n) is 6.51. The molecule has 1 aliphatic rings. The van der Waals surface area contributed by atoms with E-state index in [0.717, 1.165) is 6.42 Å². The van der Waals surface area contributed by atoms with Crippen molar-refractivity contribution in [3.63, 3.8) is 0 Å². The van der Waals surface area contributed by atoms with Crippen LogP contribution in [0.1, 0.15) is 13.3 Å². The molecule has 0 bridgehead atoms. The molecule has 3 nitrogen and oxygen atoms in total. The van der Waals surface area contributed by atoms with Gasteiger partial charge in [-0.05, 0) is 13.3 Å². The van der Waals surface area contributed by atoms with E-state index in [1.54, 1.807) is 12.3 Å². The number of nitrogens with zero attached hydrogens (tertiary/aromatic N) is 1. The Balaban J connectivity index is 2.62. The number of hydrogen-bond acceptors (Lipinski definition) is 3. The minimum Gasteiger partial charge on any atom is -0.367 e. The van der Waals surface area contributed by atoms with E-state index < -0.39 is 6.29 Å². The lowest BCUT2D eigenvalue weighted by atomic mass is 10.1. The Labute approximate surface area is 66.1 Å². The first-order valence-corrected chi connectivity index (χ1v) is 3.76. The molecule has 0 saturated carbocycles. The molecule has 62 valence electrons. The first-order valence-electron chi connectivity index (χ1n) is 3.76. The highest BCUT2D eigenvalue weighted by molar-refractivity contribution is 5.64. The fourth-order valence-corrected chi connectivity index (χ4v) is 0.966.